The molecule has 4 aromatic rings. The van der Waals surface area contributed by atoms with E-state index < -0.39 is 5.97 Å². The molecule has 0 bridgehead atoms. The smallest absolute Gasteiger partial charge is 0.335 e. The molecule has 1 fully saturated rings. The summed E-state index contributed by atoms with van der Waals surface area (Å²) in [4.78, 5) is 18.3. The number of hydrogen-bond donors (Lipinski definition) is 2. The summed E-state index contributed by atoms with van der Waals surface area (Å²) in [6, 6.07) is 22.4. The lowest BCUT2D eigenvalue weighted by atomic mass is 9.96. The molecule has 36 heavy (non-hydrogen) atoms. The number of ether oxygens (including phenoxy) is 1. The Balaban J connectivity index is 1.68. The van der Waals surface area contributed by atoms with E-state index in [1.165, 1.54) is 0 Å². The van der Waals surface area contributed by atoms with Crippen LogP contribution in [0.15, 0.2) is 79.0 Å². The van der Waals surface area contributed by atoms with Crippen LogP contribution in [0, 0.1) is 13.8 Å². The Morgan fingerprint density at radius 3 is 2.53 bits per heavy atom. The minimum absolute atomic E-state index is 0.191. The van der Waals surface area contributed by atoms with E-state index in [9.17, 15) is 9.90 Å². The van der Waals surface area contributed by atoms with Crippen molar-refractivity contribution in [2.45, 2.75) is 25.9 Å². The summed E-state index contributed by atoms with van der Waals surface area (Å²) in [5, 5.41) is 13.6. The Kier molecular flexibility index (Phi) is 6.20. The number of aryl methyl sites for hydroxylation is 1. The molecule has 1 aliphatic rings. The van der Waals surface area contributed by atoms with Crippen molar-refractivity contribution in [1.29, 1.82) is 0 Å². The Labute approximate surface area is 215 Å². The Morgan fingerprint density at radius 1 is 1.03 bits per heavy atom. The van der Waals surface area contributed by atoms with E-state index in [4.69, 9.17) is 17.0 Å². The van der Waals surface area contributed by atoms with Crippen LogP contribution in [0.1, 0.15) is 45.1 Å². The van der Waals surface area contributed by atoms with Gasteiger partial charge in [0.1, 0.15) is 5.75 Å². The van der Waals surface area contributed by atoms with Gasteiger partial charge in [-0.15, -0.1) is 0 Å². The van der Waals surface area contributed by atoms with Crippen molar-refractivity contribution >= 4 is 29.0 Å². The SMILES string of the molecule is COc1cccc(N2C(=S)NC(c3ccccn3)C2c2cc(C)n(-c3cccc(C(=O)O)c3)c2C)c1. The molecular formula is C28H26N4O3S. The average Bonchev–Trinajstić information content (AvgIpc) is 3.39. The molecule has 2 aromatic heterocycles. The molecule has 1 saturated heterocycles. The fourth-order valence-corrected chi connectivity index (χ4v) is 5.32. The van der Waals surface area contributed by atoms with Gasteiger partial charge in [-0.25, -0.2) is 4.79 Å². The molecule has 0 radical (unpaired) electrons. The summed E-state index contributed by atoms with van der Waals surface area (Å²) in [5.41, 5.74) is 5.90. The van der Waals surface area contributed by atoms with E-state index >= 15 is 0 Å². The van der Waals surface area contributed by atoms with Gasteiger partial charge in [-0.2, -0.15) is 0 Å². The third-order valence-corrected chi connectivity index (χ3v) is 6.88. The van der Waals surface area contributed by atoms with E-state index in [1.807, 2.05) is 55.5 Å². The van der Waals surface area contributed by atoms with Crippen molar-refractivity contribution in [3.05, 3.63) is 107 Å². The highest BCUT2D eigenvalue weighted by atomic mass is 32.1. The maximum absolute atomic E-state index is 11.6. The number of carboxylic acids is 1. The highest BCUT2D eigenvalue weighted by molar-refractivity contribution is 7.80. The predicted molar refractivity (Wildman–Crippen MR) is 143 cm³/mol. The summed E-state index contributed by atoms with van der Waals surface area (Å²) in [6.45, 7) is 4.08. The Bertz CT molecular complexity index is 1450. The summed E-state index contributed by atoms with van der Waals surface area (Å²) < 4.78 is 7.57. The van der Waals surface area contributed by atoms with E-state index in [2.05, 4.69) is 32.8 Å². The second-order valence-electron chi connectivity index (χ2n) is 8.72. The van der Waals surface area contributed by atoms with Gasteiger partial charge in [0, 0.05) is 35.0 Å². The molecule has 2 unspecified atom stereocenters. The molecule has 3 heterocycles. The number of nitrogens with zero attached hydrogens (tertiary/aromatic N) is 3. The second kappa shape index (κ2) is 9.47. The van der Waals surface area contributed by atoms with Crippen molar-refractivity contribution in [2.24, 2.45) is 0 Å². The summed E-state index contributed by atoms with van der Waals surface area (Å²) in [6.07, 6.45) is 1.78. The zero-order valence-electron chi connectivity index (χ0n) is 20.2. The van der Waals surface area contributed by atoms with Crippen LogP contribution in [0.5, 0.6) is 5.75 Å². The first kappa shape index (κ1) is 23.6. The van der Waals surface area contributed by atoms with Crippen LogP contribution in [-0.4, -0.2) is 32.8 Å². The number of thiocarbonyl (C=S) groups is 1. The first-order chi connectivity index (χ1) is 17.4. The van der Waals surface area contributed by atoms with E-state index in [1.54, 1.807) is 31.5 Å². The second-order valence-corrected chi connectivity index (χ2v) is 9.10. The number of rotatable bonds is 6. The zero-order valence-corrected chi connectivity index (χ0v) is 21.0. The van der Waals surface area contributed by atoms with E-state index in [0.717, 1.165) is 39.8 Å². The quantitative estimate of drug-likeness (QED) is 0.346. The molecule has 0 spiro atoms. The molecule has 0 amide bonds. The summed E-state index contributed by atoms with van der Waals surface area (Å²) >= 11 is 5.85. The van der Waals surface area contributed by atoms with Gasteiger partial charge in [0.15, 0.2) is 5.11 Å². The van der Waals surface area contributed by atoms with Crippen LogP contribution in [0.4, 0.5) is 5.69 Å². The fraction of sp³-hybridized carbons (Fsp3) is 0.179. The van der Waals surface area contributed by atoms with Gasteiger partial charge in [-0.1, -0.05) is 18.2 Å². The summed E-state index contributed by atoms with van der Waals surface area (Å²) in [7, 11) is 1.65. The lowest BCUT2D eigenvalue weighted by Gasteiger charge is -2.28. The molecule has 8 heteroatoms. The topological polar surface area (TPSA) is 79.6 Å². The maximum atomic E-state index is 11.6. The van der Waals surface area contributed by atoms with E-state index in [0.29, 0.717) is 5.11 Å². The van der Waals surface area contributed by atoms with Gasteiger partial charge in [-0.05, 0) is 80.2 Å². The predicted octanol–water partition coefficient (Wildman–Crippen LogP) is 5.37. The van der Waals surface area contributed by atoms with E-state index in [-0.39, 0.29) is 17.6 Å². The lowest BCUT2D eigenvalue weighted by Crippen LogP contribution is -2.29. The van der Waals surface area contributed by atoms with Gasteiger partial charge >= 0.3 is 5.97 Å². The van der Waals surface area contributed by atoms with Crippen molar-refractivity contribution in [3.8, 4) is 11.4 Å². The Hall–Kier alpha value is -4.17. The van der Waals surface area contributed by atoms with Gasteiger partial charge < -0.3 is 24.6 Å². The van der Waals surface area contributed by atoms with Crippen molar-refractivity contribution in [1.82, 2.24) is 14.9 Å². The van der Waals surface area contributed by atoms with Gasteiger partial charge in [0.05, 0.1) is 30.5 Å². The van der Waals surface area contributed by atoms with Gasteiger partial charge in [0.25, 0.3) is 0 Å². The van der Waals surface area contributed by atoms with Crippen LogP contribution in [0.25, 0.3) is 5.69 Å². The standard InChI is InChI=1S/C28H26N4O3S/c1-17-14-23(18(2)31(17)20-9-6-8-19(15-20)27(33)34)26-25(24-12-4-5-13-29-24)30-28(36)32(26)21-10-7-11-22(16-21)35-3/h4-16,25-26H,1-3H3,(H,30,36)(H,33,34). The fourth-order valence-electron chi connectivity index (χ4n) is 4.97. The first-order valence-electron chi connectivity index (χ1n) is 11.6. The minimum Gasteiger partial charge on any atom is -0.497 e. The van der Waals surface area contributed by atoms with Gasteiger partial charge in [0.2, 0.25) is 0 Å². The normalized spacial score (nSPS) is 17.2. The number of benzene rings is 2. The molecule has 7 nitrogen and oxygen atoms in total. The van der Waals surface area contributed by atoms with Crippen LogP contribution in [0.3, 0.4) is 0 Å². The number of nitrogens with one attached hydrogen (secondary N) is 1. The molecule has 0 aliphatic carbocycles. The molecule has 1 aliphatic heterocycles. The number of methoxy groups -OCH3 is 1. The molecule has 0 saturated carbocycles. The largest absolute Gasteiger partial charge is 0.497 e. The highest BCUT2D eigenvalue weighted by Crippen LogP contribution is 2.44. The van der Waals surface area contributed by atoms with Crippen molar-refractivity contribution in [2.75, 3.05) is 12.0 Å². The third-order valence-electron chi connectivity index (χ3n) is 6.57. The van der Waals surface area contributed by atoms with Gasteiger partial charge in [-0.3, -0.25) is 4.98 Å². The summed E-state index contributed by atoms with van der Waals surface area (Å²) in [5.74, 6) is -0.212. The molecule has 2 N–H and O–H groups in total. The van der Waals surface area contributed by atoms with Crippen molar-refractivity contribution < 1.29 is 14.6 Å². The number of pyridine rings is 1. The number of aromatic carboxylic acids is 1. The average molecular weight is 499 g/mol. The zero-order chi connectivity index (χ0) is 25.4. The first-order valence-corrected chi connectivity index (χ1v) is 12.0. The highest BCUT2D eigenvalue weighted by Gasteiger charge is 2.42. The molecule has 2 aromatic carbocycles. The number of anilines is 1. The third kappa shape index (κ3) is 4.09. The van der Waals surface area contributed by atoms with Crippen LogP contribution in [0.2, 0.25) is 0 Å². The molecule has 5 rings (SSSR count). The lowest BCUT2D eigenvalue weighted by molar-refractivity contribution is 0.0697. The van der Waals surface area contributed by atoms with Crippen LogP contribution >= 0.6 is 12.2 Å². The van der Waals surface area contributed by atoms with Crippen molar-refractivity contribution in [3.63, 3.8) is 0 Å². The maximum Gasteiger partial charge on any atom is 0.335 e. The number of hydrogen-bond acceptors (Lipinski definition) is 4. The molecule has 182 valence electrons. The molecular weight excluding hydrogens is 472 g/mol. The number of carboxylic acid groups (broad SMARTS) is 1. The van der Waals surface area contributed by atoms with Crippen LogP contribution < -0.4 is 15.0 Å². The monoisotopic (exact) mass is 498 g/mol. The van der Waals surface area contributed by atoms with Crippen LogP contribution in [-0.2, 0) is 0 Å². The Morgan fingerprint density at radius 2 is 1.81 bits per heavy atom. The number of carbonyl (C=O) groups is 1. The minimum atomic E-state index is -0.954. The number of aromatic nitrogens is 2. The molecule has 2 atom stereocenters.